The maximum Gasteiger partial charge on any atom is 0.322 e. The van der Waals surface area contributed by atoms with E-state index in [0.717, 1.165) is 16.8 Å². The molecule has 0 saturated carbocycles. The van der Waals surface area contributed by atoms with E-state index >= 15 is 0 Å². The predicted molar refractivity (Wildman–Crippen MR) is 58.6 cm³/mol. The molecule has 0 aliphatic heterocycles. The first-order chi connectivity index (χ1) is 7.04. The molecule has 0 bridgehead atoms. The topological polar surface area (TPSA) is 58.6 Å². The van der Waals surface area contributed by atoms with Crippen LogP contribution >= 0.6 is 0 Å². The first kappa shape index (κ1) is 11.4. The molecule has 0 aromatic heterocycles. The Labute approximate surface area is 88.9 Å². The molecule has 1 aromatic carbocycles. The zero-order chi connectivity index (χ0) is 11.4. The van der Waals surface area contributed by atoms with E-state index < -0.39 is 5.97 Å². The lowest BCUT2D eigenvalue weighted by atomic mass is 10.1. The molecule has 2 N–H and O–H groups in total. The average molecular weight is 209 g/mol. The van der Waals surface area contributed by atoms with Crippen LogP contribution in [0.5, 0.6) is 5.75 Å². The zero-order valence-electron chi connectivity index (χ0n) is 9.13. The van der Waals surface area contributed by atoms with Crippen molar-refractivity contribution in [2.75, 3.05) is 19.0 Å². The number of benzene rings is 1. The number of methoxy groups -OCH3 is 1. The minimum atomic E-state index is -0.892. The summed E-state index contributed by atoms with van der Waals surface area (Å²) in [5.41, 5.74) is 2.78. The molecule has 1 rings (SSSR count). The van der Waals surface area contributed by atoms with Gasteiger partial charge in [0.15, 0.2) is 0 Å². The number of hydrogen-bond acceptors (Lipinski definition) is 3. The Balaban J connectivity index is 2.98. The summed E-state index contributed by atoms with van der Waals surface area (Å²) in [6, 6.07) is 3.86. The highest BCUT2D eigenvalue weighted by Crippen LogP contribution is 2.29. The molecule has 0 spiro atoms. The number of aryl methyl sites for hydroxylation is 2. The molecule has 0 aliphatic rings. The Hall–Kier alpha value is -1.71. The van der Waals surface area contributed by atoms with Crippen molar-refractivity contribution in [3.8, 4) is 5.75 Å². The van der Waals surface area contributed by atoms with E-state index in [2.05, 4.69) is 5.32 Å². The Morgan fingerprint density at radius 1 is 1.47 bits per heavy atom. The molecule has 0 unspecified atom stereocenters. The number of hydrogen-bond donors (Lipinski definition) is 2. The summed E-state index contributed by atoms with van der Waals surface area (Å²) in [7, 11) is 1.57. The highest BCUT2D eigenvalue weighted by Gasteiger charge is 2.08. The van der Waals surface area contributed by atoms with Gasteiger partial charge in [-0.25, -0.2) is 0 Å². The van der Waals surface area contributed by atoms with Gasteiger partial charge >= 0.3 is 5.97 Å². The van der Waals surface area contributed by atoms with Crippen molar-refractivity contribution in [1.82, 2.24) is 0 Å². The first-order valence-corrected chi connectivity index (χ1v) is 4.65. The number of carboxylic acids is 1. The average Bonchev–Trinajstić information content (AvgIpc) is 2.13. The fourth-order valence-electron chi connectivity index (χ4n) is 1.53. The third kappa shape index (κ3) is 2.87. The van der Waals surface area contributed by atoms with Crippen LogP contribution in [0.25, 0.3) is 0 Å². The summed E-state index contributed by atoms with van der Waals surface area (Å²) in [6.45, 7) is 3.77. The van der Waals surface area contributed by atoms with Crippen LogP contribution in [0.15, 0.2) is 12.1 Å². The number of ether oxygens (including phenoxy) is 1. The number of rotatable bonds is 4. The molecule has 4 nitrogen and oxygen atoms in total. The van der Waals surface area contributed by atoms with Crippen LogP contribution in [0.3, 0.4) is 0 Å². The van der Waals surface area contributed by atoms with Crippen LogP contribution in [0.1, 0.15) is 11.1 Å². The Morgan fingerprint density at radius 2 is 2.13 bits per heavy atom. The van der Waals surface area contributed by atoms with Crippen molar-refractivity contribution in [2.24, 2.45) is 0 Å². The van der Waals surface area contributed by atoms with E-state index in [-0.39, 0.29) is 6.54 Å². The van der Waals surface area contributed by atoms with Crippen molar-refractivity contribution in [3.05, 3.63) is 23.3 Å². The molecule has 0 atom stereocenters. The second-order valence-electron chi connectivity index (χ2n) is 3.41. The third-order valence-electron chi connectivity index (χ3n) is 2.05. The van der Waals surface area contributed by atoms with Gasteiger partial charge in [0, 0.05) is 0 Å². The highest BCUT2D eigenvalue weighted by atomic mass is 16.5. The van der Waals surface area contributed by atoms with Crippen molar-refractivity contribution < 1.29 is 14.6 Å². The SMILES string of the molecule is COc1c(C)cc(C)cc1NCC(=O)O. The van der Waals surface area contributed by atoms with Crippen molar-refractivity contribution >= 4 is 11.7 Å². The summed E-state index contributed by atoms with van der Waals surface area (Å²) in [5, 5.41) is 11.4. The minimum Gasteiger partial charge on any atom is -0.494 e. The highest BCUT2D eigenvalue weighted by molar-refractivity contribution is 5.74. The molecular weight excluding hydrogens is 194 g/mol. The number of aliphatic carboxylic acids is 1. The Kier molecular flexibility index (Phi) is 3.55. The molecule has 0 amide bonds. The van der Waals surface area contributed by atoms with E-state index in [1.807, 2.05) is 26.0 Å². The molecule has 1 aromatic rings. The van der Waals surface area contributed by atoms with Gasteiger partial charge in [0.05, 0.1) is 12.8 Å². The van der Waals surface area contributed by atoms with Gasteiger partial charge in [-0.2, -0.15) is 0 Å². The van der Waals surface area contributed by atoms with Crippen molar-refractivity contribution in [3.63, 3.8) is 0 Å². The third-order valence-corrected chi connectivity index (χ3v) is 2.05. The maximum absolute atomic E-state index is 10.4. The van der Waals surface area contributed by atoms with E-state index in [0.29, 0.717) is 5.75 Å². The molecule has 82 valence electrons. The Bertz CT molecular complexity index is 374. The second-order valence-corrected chi connectivity index (χ2v) is 3.41. The van der Waals surface area contributed by atoms with Gasteiger partial charge in [0.25, 0.3) is 0 Å². The van der Waals surface area contributed by atoms with Crippen LogP contribution in [-0.4, -0.2) is 24.7 Å². The van der Waals surface area contributed by atoms with Crippen LogP contribution < -0.4 is 10.1 Å². The molecule has 0 heterocycles. The summed E-state index contributed by atoms with van der Waals surface area (Å²) < 4.78 is 5.21. The maximum atomic E-state index is 10.4. The van der Waals surface area contributed by atoms with Gasteiger partial charge in [-0.1, -0.05) is 6.07 Å². The number of carbonyl (C=O) groups is 1. The first-order valence-electron chi connectivity index (χ1n) is 4.65. The predicted octanol–water partition coefficient (Wildman–Crippen LogP) is 1.81. The van der Waals surface area contributed by atoms with Crippen molar-refractivity contribution in [2.45, 2.75) is 13.8 Å². The fraction of sp³-hybridized carbons (Fsp3) is 0.364. The van der Waals surface area contributed by atoms with Gasteiger partial charge in [-0.3, -0.25) is 4.79 Å². The Morgan fingerprint density at radius 3 is 2.67 bits per heavy atom. The normalized spacial score (nSPS) is 9.80. The molecule has 4 heteroatoms. The molecule has 0 fully saturated rings. The van der Waals surface area contributed by atoms with Crippen LogP contribution in [0, 0.1) is 13.8 Å². The summed E-state index contributed by atoms with van der Waals surface area (Å²) in [6.07, 6.45) is 0. The fourth-order valence-corrected chi connectivity index (χ4v) is 1.53. The molecule has 0 aliphatic carbocycles. The monoisotopic (exact) mass is 209 g/mol. The second kappa shape index (κ2) is 4.68. The van der Waals surface area contributed by atoms with Gasteiger partial charge in [0.1, 0.15) is 12.3 Å². The lowest BCUT2D eigenvalue weighted by molar-refractivity contribution is -0.134. The number of nitrogens with one attached hydrogen (secondary N) is 1. The van der Waals surface area contributed by atoms with Gasteiger partial charge in [0.2, 0.25) is 0 Å². The van der Waals surface area contributed by atoms with Gasteiger partial charge in [-0.05, 0) is 31.0 Å². The summed E-state index contributed by atoms with van der Waals surface area (Å²) >= 11 is 0. The standard InChI is InChI=1S/C11H15NO3/c1-7-4-8(2)11(15-3)9(5-7)12-6-10(13)14/h4-5,12H,6H2,1-3H3,(H,13,14). The molecule has 15 heavy (non-hydrogen) atoms. The minimum absolute atomic E-state index is 0.112. The number of anilines is 1. The zero-order valence-corrected chi connectivity index (χ0v) is 9.13. The van der Waals surface area contributed by atoms with E-state index in [1.165, 1.54) is 0 Å². The van der Waals surface area contributed by atoms with Crippen LogP contribution in [-0.2, 0) is 4.79 Å². The van der Waals surface area contributed by atoms with E-state index in [1.54, 1.807) is 7.11 Å². The molecule has 0 saturated heterocycles. The summed E-state index contributed by atoms with van der Waals surface area (Å²) in [4.78, 5) is 10.4. The smallest absolute Gasteiger partial charge is 0.322 e. The van der Waals surface area contributed by atoms with E-state index in [4.69, 9.17) is 9.84 Å². The van der Waals surface area contributed by atoms with Gasteiger partial charge in [-0.15, -0.1) is 0 Å². The lowest BCUT2D eigenvalue weighted by Crippen LogP contribution is -2.13. The van der Waals surface area contributed by atoms with Gasteiger partial charge < -0.3 is 15.2 Å². The molecule has 0 radical (unpaired) electrons. The van der Waals surface area contributed by atoms with Crippen LogP contribution in [0.4, 0.5) is 5.69 Å². The van der Waals surface area contributed by atoms with Crippen molar-refractivity contribution in [1.29, 1.82) is 0 Å². The quantitative estimate of drug-likeness (QED) is 0.794. The van der Waals surface area contributed by atoms with Crippen LogP contribution in [0.2, 0.25) is 0 Å². The molecular formula is C11H15NO3. The largest absolute Gasteiger partial charge is 0.494 e. The lowest BCUT2D eigenvalue weighted by Gasteiger charge is -2.13. The summed E-state index contributed by atoms with van der Waals surface area (Å²) in [5.74, 6) is -0.196. The van der Waals surface area contributed by atoms with E-state index in [9.17, 15) is 4.79 Å². The number of carboxylic acid groups (broad SMARTS) is 1.